The van der Waals surface area contributed by atoms with Crippen molar-refractivity contribution in [1.29, 1.82) is 0 Å². The van der Waals surface area contributed by atoms with Crippen LogP contribution in [0.15, 0.2) is 23.2 Å². The molecule has 0 aliphatic carbocycles. The van der Waals surface area contributed by atoms with E-state index in [0.29, 0.717) is 12.5 Å². The fourth-order valence-corrected chi connectivity index (χ4v) is 3.22. The van der Waals surface area contributed by atoms with E-state index < -0.39 is 5.60 Å². The molecule has 1 heterocycles. The Morgan fingerprint density at radius 3 is 2.50 bits per heavy atom. The molecule has 2 rings (SSSR count). The maximum absolute atomic E-state index is 13.9. The van der Waals surface area contributed by atoms with Crippen molar-refractivity contribution in [2.45, 2.75) is 51.8 Å². The second-order valence-corrected chi connectivity index (χ2v) is 8.18. The summed E-state index contributed by atoms with van der Waals surface area (Å²) >= 11 is 0. The molecule has 170 valence electrons. The van der Waals surface area contributed by atoms with E-state index in [9.17, 15) is 9.18 Å². The van der Waals surface area contributed by atoms with Crippen LogP contribution in [0.4, 0.5) is 4.39 Å². The summed E-state index contributed by atoms with van der Waals surface area (Å²) < 4.78 is 24.1. The average molecular weight is 536 g/mol. The second-order valence-electron chi connectivity index (χ2n) is 8.18. The van der Waals surface area contributed by atoms with Gasteiger partial charge >= 0.3 is 5.97 Å². The van der Waals surface area contributed by atoms with Crippen molar-refractivity contribution in [2.75, 3.05) is 33.8 Å². The van der Waals surface area contributed by atoms with Gasteiger partial charge in [0.1, 0.15) is 12.1 Å². The number of hydrogen-bond acceptors (Lipinski definition) is 5. The molecule has 0 amide bonds. The number of nitrogens with zero attached hydrogens (tertiary/aromatic N) is 2. The molecule has 0 bridgehead atoms. The largest absolute Gasteiger partial charge is 0.494 e. The molecular weight excluding hydrogens is 502 g/mol. The van der Waals surface area contributed by atoms with Gasteiger partial charge in [0.2, 0.25) is 0 Å². The first kappa shape index (κ1) is 26.4. The van der Waals surface area contributed by atoms with Gasteiger partial charge in [0.25, 0.3) is 0 Å². The van der Waals surface area contributed by atoms with E-state index >= 15 is 0 Å². The first-order valence-electron chi connectivity index (χ1n) is 9.94. The Bertz CT molecular complexity index is 717. The quantitative estimate of drug-likeness (QED) is 0.252. The normalized spacial score (nSPS) is 15.9. The van der Waals surface area contributed by atoms with Gasteiger partial charge in [0.05, 0.1) is 7.11 Å². The fraction of sp³-hybridized carbons (Fsp3) is 0.619. The lowest BCUT2D eigenvalue weighted by molar-refractivity contribution is -0.153. The van der Waals surface area contributed by atoms with Crippen molar-refractivity contribution < 1.29 is 18.7 Å². The minimum Gasteiger partial charge on any atom is -0.494 e. The molecule has 0 spiro atoms. The minimum atomic E-state index is -0.505. The van der Waals surface area contributed by atoms with E-state index in [2.05, 4.69) is 20.5 Å². The molecule has 0 saturated carbocycles. The smallest absolute Gasteiger partial charge is 0.325 e. The first-order chi connectivity index (χ1) is 13.7. The molecule has 1 aromatic carbocycles. The Morgan fingerprint density at radius 2 is 1.97 bits per heavy atom. The SMILES string of the molecule is CN=C(NCC(=O)OC(C)(C)C)NC1CCN(Cc2ccc(OC)c(F)c2)CC1.I. The van der Waals surface area contributed by atoms with Crippen LogP contribution in [-0.4, -0.2) is 62.3 Å². The molecule has 0 atom stereocenters. The molecule has 30 heavy (non-hydrogen) atoms. The van der Waals surface area contributed by atoms with Crippen molar-refractivity contribution in [2.24, 2.45) is 4.99 Å². The molecule has 0 unspecified atom stereocenters. The number of halogens is 2. The molecule has 1 aromatic rings. The Balaban J connectivity index is 0.00000450. The monoisotopic (exact) mass is 536 g/mol. The number of hydrogen-bond donors (Lipinski definition) is 2. The third kappa shape index (κ3) is 9.03. The molecule has 1 saturated heterocycles. The van der Waals surface area contributed by atoms with Crippen LogP contribution in [0.1, 0.15) is 39.2 Å². The van der Waals surface area contributed by atoms with E-state index in [0.717, 1.165) is 31.5 Å². The highest BCUT2D eigenvalue weighted by atomic mass is 127. The van der Waals surface area contributed by atoms with Crippen LogP contribution in [-0.2, 0) is 16.1 Å². The Labute approximate surface area is 195 Å². The maximum Gasteiger partial charge on any atom is 0.325 e. The summed E-state index contributed by atoms with van der Waals surface area (Å²) in [4.78, 5) is 18.3. The van der Waals surface area contributed by atoms with Crippen molar-refractivity contribution in [3.8, 4) is 5.75 Å². The molecule has 1 aliphatic heterocycles. The summed E-state index contributed by atoms with van der Waals surface area (Å²) in [6.07, 6.45) is 1.87. The Morgan fingerprint density at radius 1 is 1.30 bits per heavy atom. The molecule has 0 aromatic heterocycles. The number of likely N-dealkylation sites (tertiary alicyclic amines) is 1. The van der Waals surface area contributed by atoms with Gasteiger partial charge in [-0.25, -0.2) is 4.39 Å². The molecule has 9 heteroatoms. The van der Waals surface area contributed by atoms with Gasteiger partial charge in [-0.3, -0.25) is 14.7 Å². The van der Waals surface area contributed by atoms with Gasteiger partial charge in [-0.15, -0.1) is 24.0 Å². The highest BCUT2D eigenvalue weighted by Gasteiger charge is 2.21. The number of piperidine rings is 1. The molecule has 7 nitrogen and oxygen atoms in total. The first-order valence-corrected chi connectivity index (χ1v) is 9.94. The number of nitrogens with one attached hydrogen (secondary N) is 2. The zero-order valence-corrected chi connectivity index (χ0v) is 20.8. The maximum atomic E-state index is 13.9. The van der Waals surface area contributed by atoms with Crippen molar-refractivity contribution in [1.82, 2.24) is 15.5 Å². The number of methoxy groups -OCH3 is 1. The van der Waals surface area contributed by atoms with Crippen LogP contribution >= 0.6 is 24.0 Å². The van der Waals surface area contributed by atoms with Crippen LogP contribution in [0.2, 0.25) is 0 Å². The van der Waals surface area contributed by atoms with Crippen LogP contribution in [0.3, 0.4) is 0 Å². The zero-order chi connectivity index (χ0) is 21.4. The van der Waals surface area contributed by atoms with Gasteiger partial charge in [0.15, 0.2) is 17.5 Å². The summed E-state index contributed by atoms with van der Waals surface area (Å²) in [5, 5.41) is 6.36. The molecular formula is C21H34FIN4O3. The summed E-state index contributed by atoms with van der Waals surface area (Å²) in [7, 11) is 3.14. The second kappa shape index (κ2) is 12.3. The third-order valence-electron chi connectivity index (χ3n) is 4.59. The summed E-state index contributed by atoms with van der Waals surface area (Å²) in [6.45, 7) is 8.09. The summed E-state index contributed by atoms with van der Waals surface area (Å²) in [5.74, 6) is 0.205. The van der Waals surface area contributed by atoms with Crippen LogP contribution in [0, 0.1) is 5.82 Å². The molecule has 2 N–H and O–H groups in total. The topological polar surface area (TPSA) is 75.2 Å². The minimum absolute atomic E-state index is 0. The lowest BCUT2D eigenvalue weighted by atomic mass is 10.0. The van der Waals surface area contributed by atoms with Gasteiger partial charge in [-0.05, 0) is 51.3 Å². The van der Waals surface area contributed by atoms with Crippen molar-refractivity contribution in [3.05, 3.63) is 29.6 Å². The number of rotatable bonds is 6. The zero-order valence-electron chi connectivity index (χ0n) is 18.5. The number of ether oxygens (including phenoxy) is 2. The van der Waals surface area contributed by atoms with Crippen LogP contribution in [0.25, 0.3) is 0 Å². The predicted octanol–water partition coefficient (Wildman–Crippen LogP) is 2.92. The van der Waals surface area contributed by atoms with Crippen molar-refractivity contribution in [3.63, 3.8) is 0 Å². The van der Waals surface area contributed by atoms with Crippen LogP contribution in [0.5, 0.6) is 5.75 Å². The predicted molar refractivity (Wildman–Crippen MR) is 127 cm³/mol. The number of aliphatic imine (C=N–C) groups is 1. The number of benzene rings is 1. The highest BCUT2D eigenvalue weighted by Crippen LogP contribution is 2.20. The molecule has 0 radical (unpaired) electrons. The van der Waals surface area contributed by atoms with Crippen LogP contribution < -0.4 is 15.4 Å². The van der Waals surface area contributed by atoms with Gasteiger partial charge in [-0.2, -0.15) is 0 Å². The van der Waals surface area contributed by atoms with E-state index in [-0.39, 0.29) is 54.1 Å². The van der Waals surface area contributed by atoms with Gasteiger partial charge in [-0.1, -0.05) is 6.07 Å². The Hall–Kier alpha value is -1.62. The third-order valence-corrected chi connectivity index (χ3v) is 4.59. The van der Waals surface area contributed by atoms with E-state index in [1.165, 1.54) is 13.2 Å². The van der Waals surface area contributed by atoms with Gasteiger partial charge < -0.3 is 20.1 Å². The fourth-order valence-electron chi connectivity index (χ4n) is 3.22. The summed E-state index contributed by atoms with van der Waals surface area (Å²) in [5.41, 5.74) is 0.430. The van der Waals surface area contributed by atoms with E-state index in [1.54, 1.807) is 13.1 Å². The highest BCUT2D eigenvalue weighted by molar-refractivity contribution is 14.0. The average Bonchev–Trinajstić information content (AvgIpc) is 2.65. The molecule has 1 fully saturated rings. The lowest BCUT2D eigenvalue weighted by Crippen LogP contribution is -2.49. The summed E-state index contributed by atoms with van der Waals surface area (Å²) in [6, 6.07) is 5.36. The lowest BCUT2D eigenvalue weighted by Gasteiger charge is -2.33. The van der Waals surface area contributed by atoms with E-state index in [1.807, 2.05) is 26.8 Å². The standard InChI is InChI=1S/C21H33FN4O3.HI/c1-21(2,3)29-19(27)13-24-20(23-4)25-16-8-10-26(11-9-16)14-15-6-7-18(28-5)17(22)12-15;/h6-7,12,16H,8-11,13-14H2,1-5H3,(H2,23,24,25);1H. The Kier molecular flexibility index (Phi) is 10.8. The number of guanidine groups is 1. The van der Waals surface area contributed by atoms with Crippen molar-refractivity contribution >= 4 is 35.9 Å². The number of carbonyl (C=O) groups is 1. The number of esters is 1. The van der Waals surface area contributed by atoms with Gasteiger partial charge in [0, 0.05) is 32.7 Å². The number of carbonyl (C=O) groups excluding carboxylic acids is 1. The molecule has 1 aliphatic rings. The van der Waals surface area contributed by atoms with E-state index in [4.69, 9.17) is 9.47 Å².